The Kier molecular flexibility index (Phi) is 6.18. The first kappa shape index (κ1) is 20.1. The van der Waals surface area contributed by atoms with E-state index in [-0.39, 0.29) is 6.03 Å². The summed E-state index contributed by atoms with van der Waals surface area (Å²) in [4.78, 5) is 14.7. The van der Waals surface area contributed by atoms with Crippen molar-refractivity contribution in [3.05, 3.63) is 114 Å². The Morgan fingerprint density at radius 3 is 1.94 bits per heavy atom. The van der Waals surface area contributed by atoms with Crippen LogP contribution in [0.4, 0.5) is 22.0 Å². The first-order chi connectivity index (χ1) is 15.2. The highest BCUT2D eigenvalue weighted by Crippen LogP contribution is 2.25. The zero-order chi connectivity index (χ0) is 21.5. The number of aromatic nitrogens is 2. The van der Waals surface area contributed by atoms with Crippen LogP contribution < -0.4 is 15.8 Å². The Morgan fingerprint density at radius 1 is 0.806 bits per heavy atom. The average Bonchev–Trinajstić information content (AvgIpc) is 2.82. The molecule has 6 nitrogen and oxygen atoms in total. The first-order valence-electron chi connectivity index (χ1n) is 10.0. The molecule has 4 aromatic rings. The van der Waals surface area contributed by atoms with Crippen LogP contribution in [0, 0.1) is 6.92 Å². The van der Waals surface area contributed by atoms with E-state index in [1.807, 2.05) is 91.9 Å². The third kappa shape index (κ3) is 5.05. The molecule has 0 fully saturated rings. The Morgan fingerprint density at radius 2 is 1.35 bits per heavy atom. The van der Waals surface area contributed by atoms with Crippen molar-refractivity contribution in [3.8, 4) is 0 Å². The normalized spacial score (nSPS) is 10.4. The molecule has 0 radical (unpaired) electrons. The molecule has 0 aliphatic heterocycles. The van der Waals surface area contributed by atoms with Gasteiger partial charge in [-0.15, -0.1) is 5.10 Å². The lowest BCUT2D eigenvalue weighted by atomic mass is 10.0. The maximum atomic E-state index is 13.1. The van der Waals surface area contributed by atoms with Crippen molar-refractivity contribution in [2.45, 2.75) is 13.3 Å². The second-order valence-electron chi connectivity index (χ2n) is 7.06. The van der Waals surface area contributed by atoms with Gasteiger partial charge in [0.15, 0.2) is 5.82 Å². The van der Waals surface area contributed by atoms with Crippen molar-refractivity contribution in [2.75, 3.05) is 10.3 Å². The molecule has 31 heavy (non-hydrogen) atoms. The molecule has 2 N–H and O–H groups in total. The fourth-order valence-electron chi connectivity index (χ4n) is 3.26. The summed E-state index contributed by atoms with van der Waals surface area (Å²) in [6.45, 7) is 1.93. The molecule has 0 aliphatic carbocycles. The van der Waals surface area contributed by atoms with Crippen LogP contribution in [0.15, 0.2) is 97.1 Å². The number of carbonyl (C=O) groups excluding carboxylic acids is 1. The van der Waals surface area contributed by atoms with Crippen LogP contribution in [0.2, 0.25) is 0 Å². The lowest BCUT2D eigenvalue weighted by Crippen LogP contribution is -2.40. The summed E-state index contributed by atoms with van der Waals surface area (Å²) in [6.07, 6.45) is 0.741. The molecule has 1 aromatic heterocycles. The molecule has 0 aliphatic rings. The monoisotopic (exact) mass is 409 g/mol. The zero-order valence-corrected chi connectivity index (χ0v) is 17.2. The van der Waals surface area contributed by atoms with Crippen molar-refractivity contribution in [2.24, 2.45) is 0 Å². The number of hydrogen-bond donors (Lipinski definition) is 2. The van der Waals surface area contributed by atoms with E-state index in [0.29, 0.717) is 5.82 Å². The number of amides is 2. The number of nitrogens with one attached hydrogen (secondary N) is 2. The van der Waals surface area contributed by atoms with Crippen molar-refractivity contribution >= 4 is 23.2 Å². The van der Waals surface area contributed by atoms with Gasteiger partial charge in [0.05, 0.1) is 17.1 Å². The molecule has 4 rings (SSSR count). The highest BCUT2D eigenvalue weighted by atomic mass is 16.2. The van der Waals surface area contributed by atoms with Gasteiger partial charge in [0.25, 0.3) is 0 Å². The fraction of sp³-hybridized carbons (Fsp3) is 0.0800. The van der Waals surface area contributed by atoms with Gasteiger partial charge in [-0.25, -0.2) is 10.2 Å². The van der Waals surface area contributed by atoms with E-state index in [4.69, 9.17) is 0 Å². The summed E-state index contributed by atoms with van der Waals surface area (Å²) >= 11 is 0. The van der Waals surface area contributed by atoms with Gasteiger partial charge in [0, 0.05) is 0 Å². The fourth-order valence-corrected chi connectivity index (χ4v) is 3.26. The molecular weight excluding hydrogens is 386 g/mol. The number of para-hydroxylation sites is 2. The Balaban J connectivity index is 1.51. The van der Waals surface area contributed by atoms with Crippen LogP contribution >= 0.6 is 0 Å². The third-order valence-electron chi connectivity index (χ3n) is 4.85. The molecular formula is C25H23N5O. The van der Waals surface area contributed by atoms with Gasteiger partial charge in [0.1, 0.15) is 0 Å². The van der Waals surface area contributed by atoms with Crippen LogP contribution in [0.5, 0.6) is 0 Å². The van der Waals surface area contributed by atoms with E-state index >= 15 is 0 Å². The molecule has 6 heteroatoms. The molecule has 0 atom stereocenters. The average molecular weight is 409 g/mol. The van der Waals surface area contributed by atoms with Gasteiger partial charge in [-0.3, -0.25) is 10.3 Å². The molecule has 0 bridgehead atoms. The zero-order valence-electron chi connectivity index (χ0n) is 17.2. The van der Waals surface area contributed by atoms with Gasteiger partial charge in [-0.1, -0.05) is 66.7 Å². The Bertz CT molecular complexity index is 1090. The Hall–Kier alpha value is -4.19. The van der Waals surface area contributed by atoms with Crippen molar-refractivity contribution in [1.82, 2.24) is 15.6 Å². The van der Waals surface area contributed by atoms with Crippen molar-refractivity contribution < 1.29 is 4.79 Å². The van der Waals surface area contributed by atoms with Gasteiger partial charge >= 0.3 is 6.03 Å². The minimum absolute atomic E-state index is 0.329. The van der Waals surface area contributed by atoms with Crippen molar-refractivity contribution in [3.63, 3.8) is 0 Å². The lowest BCUT2D eigenvalue weighted by molar-refractivity contribution is 0.250. The topological polar surface area (TPSA) is 70.1 Å². The smallest absolute Gasteiger partial charge is 0.279 e. The molecule has 1 heterocycles. The van der Waals surface area contributed by atoms with Gasteiger partial charge in [-0.05, 0) is 54.8 Å². The molecule has 0 unspecified atom stereocenters. The predicted molar refractivity (Wildman–Crippen MR) is 123 cm³/mol. The number of hydrogen-bond acceptors (Lipinski definition) is 4. The maximum Gasteiger partial charge on any atom is 0.345 e. The Labute approximate surface area is 181 Å². The van der Waals surface area contributed by atoms with E-state index < -0.39 is 0 Å². The molecule has 0 saturated carbocycles. The van der Waals surface area contributed by atoms with E-state index in [9.17, 15) is 4.79 Å². The molecule has 3 aromatic carbocycles. The summed E-state index contributed by atoms with van der Waals surface area (Å²) < 4.78 is 0. The lowest BCUT2D eigenvalue weighted by Gasteiger charge is -2.23. The van der Waals surface area contributed by atoms with Crippen LogP contribution in [0.3, 0.4) is 0 Å². The number of aryl methyl sites for hydroxylation is 1. The standard InChI is InChI=1S/C25H23N5O/c1-19-21(17-20-11-5-2-6-12-20)18-24(27-26-19)28-29-25(31)30(22-13-7-3-8-14-22)23-15-9-4-10-16-23/h2-16,18H,17H2,1H3,(H,27,28)(H,29,31). The quantitative estimate of drug-likeness (QED) is 0.427. The molecule has 154 valence electrons. The summed E-state index contributed by atoms with van der Waals surface area (Å²) in [5.41, 5.74) is 10.2. The van der Waals surface area contributed by atoms with E-state index in [1.165, 1.54) is 5.56 Å². The van der Waals surface area contributed by atoms with Crippen molar-refractivity contribution in [1.29, 1.82) is 0 Å². The minimum atomic E-state index is -0.329. The summed E-state index contributed by atoms with van der Waals surface area (Å²) in [7, 11) is 0. The number of carbonyl (C=O) groups is 1. The van der Waals surface area contributed by atoms with Crippen LogP contribution in [-0.2, 0) is 6.42 Å². The van der Waals surface area contributed by atoms with E-state index in [0.717, 1.165) is 29.1 Å². The third-order valence-corrected chi connectivity index (χ3v) is 4.85. The van der Waals surface area contributed by atoms with Gasteiger partial charge < -0.3 is 0 Å². The largest absolute Gasteiger partial charge is 0.345 e. The SMILES string of the molecule is Cc1nnc(NNC(=O)N(c2ccccc2)c2ccccc2)cc1Cc1ccccc1. The minimum Gasteiger partial charge on any atom is -0.279 e. The number of hydrazine groups is 1. The van der Waals surface area contributed by atoms with Gasteiger partial charge in [-0.2, -0.15) is 5.10 Å². The molecule has 0 spiro atoms. The molecule has 0 saturated heterocycles. The maximum absolute atomic E-state index is 13.1. The van der Waals surface area contributed by atoms with E-state index in [1.54, 1.807) is 4.90 Å². The summed E-state index contributed by atoms with van der Waals surface area (Å²) in [5, 5.41) is 8.40. The predicted octanol–water partition coefficient (Wildman–Crippen LogP) is 5.25. The molecule has 2 amide bonds. The van der Waals surface area contributed by atoms with Gasteiger partial charge in [0.2, 0.25) is 0 Å². The highest BCUT2D eigenvalue weighted by molar-refractivity contribution is 5.99. The number of nitrogens with zero attached hydrogens (tertiary/aromatic N) is 3. The number of benzene rings is 3. The number of anilines is 3. The number of rotatable bonds is 6. The second-order valence-corrected chi connectivity index (χ2v) is 7.06. The first-order valence-corrected chi connectivity index (χ1v) is 10.0. The van der Waals surface area contributed by atoms with Crippen LogP contribution in [-0.4, -0.2) is 16.2 Å². The highest BCUT2D eigenvalue weighted by Gasteiger charge is 2.17. The summed E-state index contributed by atoms with van der Waals surface area (Å²) in [6, 6.07) is 30.7. The number of urea groups is 1. The van der Waals surface area contributed by atoms with E-state index in [2.05, 4.69) is 33.2 Å². The van der Waals surface area contributed by atoms with Crippen LogP contribution in [0.25, 0.3) is 0 Å². The second kappa shape index (κ2) is 9.54. The summed E-state index contributed by atoms with van der Waals surface area (Å²) in [5.74, 6) is 0.478. The van der Waals surface area contributed by atoms with Crippen LogP contribution in [0.1, 0.15) is 16.8 Å².